The number of fused-ring (bicyclic) bond motifs is 1. The maximum atomic E-state index is 13.9. The quantitative estimate of drug-likeness (QED) is 0.581. The number of anilines is 1. The first kappa shape index (κ1) is 13.3. The van der Waals surface area contributed by atoms with Gasteiger partial charge >= 0.3 is 0 Å². The highest BCUT2D eigenvalue weighted by Gasteiger charge is 2.30. The van der Waals surface area contributed by atoms with E-state index in [1.54, 1.807) is 23.2 Å². The summed E-state index contributed by atoms with van der Waals surface area (Å²) in [7, 11) is 0. The van der Waals surface area contributed by atoms with Gasteiger partial charge in [-0.25, -0.2) is 4.99 Å². The van der Waals surface area contributed by atoms with Gasteiger partial charge in [-0.15, -0.1) is 0 Å². The summed E-state index contributed by atoms with van der Waals surface area (Å²) in [6, 6.07) is 5.55. The Kier molecular flexibility index (Phi) is 3.31. The van der Waals surface area contributed by atoms with Crippen molar-refractivity contribution >= 4 is 40.5 Å². The second kappa shape index (κ2) is 5.00. The molecule has 1 aromatic carbocycles. The van der Waals surface area contributed by atoms with Crippen LogP contribution >= 0.6 is 23.8 Å². The molecule has 0 bridgehead atoms. The molecular formula is C14H11ClFN3S. The number of benzene rings is 1. The molecule has 0 fully saturated rings. The van der Waals surface area contributed by atoms with Gasteiger partial charge in [0.25, 0.3) is 0 Å². The predicted octanol–water partition coefficient (Wildman–Crippen LogP) is 3.79. The SMILES string of the molecule is Cc1cc(N2C(=S)C=C(F)N3C=CCN=C32)ccc1Cl. The Bertz CT molecular complexity index is 681. The largest absolute Gasteiger partial charge is 0.270 e. The molecule has 0 aromatic heterocycles. The molecule has 0 amide bonds. The van der Waals surface area contributed by atoms with Crippen LogP contribution in [0, 0.1) is 6.92 Å². The van der Waals surface area contributed by atoms with E-state index in [0.29, 0.717) is 22.5 Å². The minimum atomic E-state index is -0.424. The Hall–Kier alpha value is -1.72. The van der Waals surface area contributed by atoms with Crippen molar-refractivity contribution in [3.8, 4) is 0 Å². The van der Waals surface area contributed by atoms with Crippen molar-refractivity contribution < 1.29 is 4.39 Å². The van der Waals surface area contributed by atoms with Crippen LogP contribution < -0.4 is 4.90 Å². The number of halogens is 2. The Morgan fingerprint density at radius 2 is 2.20 bits per heavy atom. The van der Waals surface area contributed by atoms with Gasteiger partial charge in [-0.05, 0) is 36.8 Å². The fourth-order valence-corrected chi connectivity index (χ4v) is 2.52. The van der Waals surface area contributed by atoms with Gasteiger partial charge < -0.3 is 0 Å². The highest BCUT2D eigenvalue weighted by molar-refractivity contribution is 7.81. The van der Waals surface area contributed by atoms with Crippen LogP contribution in [-0.4, -0.2) is 22.4 Å². The van der Waals surface area contributed by atoms with Crippen molar-refractivity contribution in [2.24, 2.45) is 4.99 Å². The lowest BCUT2D eigenvalue weighted by molar-refractivity contribution is 0.455. The van der Waals surface area contributed by atoms with E-state index < -0.39 is 5.95 Å². The van der Waals surface area contributed by atoms with Gasteiger partial charge in [-0.1, -0.05) is 23.8 Å². The first-order valence-corrected chi connectivity index (χ1v) is 6.84. The van der Waals surface area contributed by atoms with E-state index in [1.165, 1.54) is 11.0 Å². The maximum Gasteiger partial charge on any atom is 0.217 e. The molecule has 0 radical (unpaired) electrons. The Labute approximate surface area is 126 Å². The number of hydrogen-bond acceptors (Lipinski definition) is 3. The van der Waals surface area contributed by atoms with Crippen molar-refractivity contribution in [2.45, 2.75) is 6.92 Å². The molecule has 0 saturated heterocycles. The molecule has 0 aliphatic carbocycles. The normalized spacial score (nSPS) is 17.9. The van der Waals surface area contributed by atoms with E-state index in [-0.39, 0.29) is 0 Å². The molecule has 2 aliphatic rings. The topological polar surface area (TPSA) is 18.8 Å². The average molecular weight is 308 g/mol. The summed E-state index contributed by atoms with van der Waals surface area (Å²) >= 11 is 11.3. The molecule has 2 aliphatic heterocycles. The van der Waals surface area contributed by atoms with E-state index in [0.717, 1.165) is 11.3 Å². The van der Waals surface area contributed by atoms with E-state index in [1.807, 2.05) is 19.1 Å². The van der Waals surface area contributed by atoms with E-state index in [2.05, 4.69) is 4.99 Å². The molecule has 6 heteroatoms. The van der Waals surface area contributed by atoms with Crippen LogP contribution in [0.2, 0.25) is 5.02 Å². The van der Waals surface area contributed by atoms with Gasteiger partial charge in [-0.2, -0.15) is 4.39 Å². The summed E-state index contributed by atoms with van der Waals surface area (Å²) in [5, 5.41) is 0.681. The van der Waals surface area contributed by atoms with Crippen LogP contribution in [0.25, 0.3) is 0 Å². The first-order valence-electron chi connectivity index (χ1n) is 6.06. The second-order valence-electron chi connectivity index (χ2n) is 4.47. The van der Waals surface area contributed by atoms with E-state index >= 15 is 0 Å². The highest BCUT2D eigenvalue weighted by atomic mass is 35.5. The first-order chi connectivity index (χ1) is 9.58. The van der Waals surface area contributed by atoms with Crippen LogP contribution in [-0.2, 0) is 0 Å². The zero-order valence-corrected chi connectivity index (χ0v) is 12.2. The van der Waals surface area contributed by atoms with Crippen LogP contribution in [0.5, 0.6) is 0 Å². The fraction of sp³-hybridized carbons (Fsp3) is 0.143. The molecule has 3 nitrogen and oxygen atoms in total. The fourth-order valence-electron chi connectivity index (χ4n) is 2.12. The number of thiocarbonyl (C=S) groups is 1. The summed E-state index contributed by atoms with van der Waals surface area (Å²) in [6.45, 7) is 2.42. The van der Waals surface area contributed by atoms with Crippen LogP contribution in [0.3, 0.4) is 0 Å². The van der Waals surface area contributed by atoms with Gasteiger partial charge in [0, 0.05) is 17.3 Å². The Morgan fingerprint density at radius 1 is 1.40 bits per heavy atom. The lowest BCUT2D eigenvalue weighted by Gasteiger charge is -2.36. The summed E-state index contributed by atoms with van der Waals surface area (Å²) in [6.07, 6.45) is 4.76. The standard InChI is InChI=1S/C14H11ClFN3S/c1-9-7-10(3-4-11(9)15)19-13(20)8-12(16)18-6-2-5-17-14(18)19/h2-4,6-8H,5H2,1H3. The zero-order valence-electron chi connectivity index (χ0n) is 10.7. The highest BCUT2D eigenvalue weighted by Crippen LogP contribution is 2.29. The predicted molar refractivity (Wildman–Crippen MR) is 83.7 cm³/mol. The smallest absolute Gasteiger partial charge is 0.217 e. The molecule has 0 saturated carbocycles. The molecule has 1 aromatic rings. The van der Waals surface area contributed by atoms with Crippen LogP contribution in [0.4, 0.5) is 10.1 Å². The van der Waals surface area contributed by atoms with Gasteiger partial charge in [-0.3, -0.25) is 9.80 Å². The van der Waals surface area contributed by atoms with Gasteiger partial charge in [0.1, 0.15) is 4.99 Å². The second-order valence-corrected chi connectivity index (χ2v) is 5.30. The maximum absolute atomic E-state index is 13.9. The molecule has 0 unspecified atom stereocenters. The van der Waals surface area contributed by atoms with Crippen molar-refractivity contribution in [2.75, 3.05) is 11.4 Å². The van der Waals surface area contributed by atoms with E-state index in [9.17, 15) is 4.39 Å². The summed E-state index contributed by atoms with van der Waals surface area (Å²) in [4.78, 5) is 7.83. The zero-order chi connectivity index (χ0) is 14.3. The lowest BCUT2D eigenvalue weighted by Crippen LogP contribution is -2.48. The molecule has 20 heavy (non-hydrogen) atoms. The minimum absolute atomic E-state index is 0.370. The van der Waals surface area contributed by atoms with Crippen molar-refractivity contribution in [3.63, 3.8) is 0 Å². The third-order valence-corrected chi connectivity index (χ3v) is 3.83. The minimum Gasteiger partial charge on any atom is -0.270 e. The van der Waals surface area contributed by atoms with E-state index in [4.69, 9.17) is 23.8 Å². The Morgan fingerprint density at radius 3 is 2.95 bits per heavy atom. The van der Waals surface area contributed by atoms with Crippen LogP contribution in [0.15, 0.2) is 47.5 Å². The molecule has 102 valence electrons. The molecular weight excluding hydrogens is 297 g/mol. The van der Waals surface area contributed by atoms with Gasteiger partial charge in [0.2, 0.25) is 11.9 Å². The number of hydrogen-bond donors (Lipinski definition) is 0. The molecule has 0 N–H and O–H groups in total. The third kappa shape index (κ3) is 2.13. The molecule has 0 spiro atoms. The van der Waals surface area contributed by atoms with Crippen molar-refractivity contribution in [1.82, 2.24) is 4.90 Å². The summed E-state index contributed by atoms with van der Waals surface area (Å²) in [5.74, 6) is 0.0471. The monoisotopic (exact) mass is 307 g/mol. The number of aryl methyl sites for hydroxylation is 1. The van der Waals surface area contributed by atoms with Gasteiger partial charge in [0.15, 0.2) is 0 Å². The van der Waals surface area contributed by atoms with Crippen molar-refractivity contribution in [1.29, 1.82) is 0 Å². The summed E-state index contributed by atoms with van der Waals surface area (Å²) < 4.78 is 13.9. The summed E-state index contributed by atoms with van der Waals surface area (Å²) in [5.41, 5.74) is 1.75. The average Bonchev–Trinajstić information content (AvgIpc) is 2.43. The lowest BCUT2D eigenvalue weighted by atomic mass is 10.2. The molecule has 2 heterocycles. The number of nitrogens with zero attached hydrogens (tertiary/aromatic N) is 3. The third-order valence-electron chi connectivity index (χ3n) is 3.10. The Balaban J connectivity index is 2.10. The number of rotatable bonds is 1. The molecule has 0 atom stereocenters. The van der Waals surface area contributed by atoms with Crippen molar-refractivity contribution in [3.05, 3.63) is 53.1 Å². The number of aliphatic imine (C=N–C) groups is 1. The number of guanidine groups is 1. The molecule has 3 rings (SSSR count). The van der Waals surface area contributed by atoms with Gasteiger partial charge in [0.05, 0.1) is 12.2 Å². The van der Waals surface area contributed by atoms with Crippen LogP contribution in [0.1, 0.15) is 5.56 Å².